The van der Waals surface area contributed by atoms with Crippen molar-refractivity contribution in [1.82, 2.24) is 0 Å². The molecule has 0 aromatic rings. The number of hydrogen-bond donors (Lipinski definition) is 0. The van der Waals surface area contributed by atoms with Crippen LogP contribution in [0.3, 0.4) is 0 Å². The Balaban J connectivity index is 3.37. The second kappa shape index (κ2) is 10.1. The average Bonchev–Trinajstić information content (AvgIpc) is 2.25. The monoisotopic (exact) mass is 218 g/mol. The zero-order chi connectivity index (χ0) is 11.5. The van der Waals surface area contributed by atoms with E-state index < -0.39 is 0 Å². The highest BCUT2D eigenvalue weighted by Gasteiger charge is 2.12. The molecule has 0 spiro atoms. The minimum Gasteiger partial charge on any atom is -0.376 e. The predicted molar refractivity (Wildman–Crippen MR) is 58.0 cm³/mol. The summed E-state index contributed by atoms with van der Waals surface area (Å²) in [6.07, 6.45) is 1.89. The van der Waals surface area contributed by atoms with Gasteiger partial charge >= 0.3 is 0 Å². The maximum atomic E-state index is 9.94. The summed E-state index contributed by atoms with van der Waals surface area (Å²) in [5.41, 5.74) is 0. The van der Waals surface area contributed by atoms with Gasteiger partial charge in [0.1, 0.15) is 12.9 Å². The molecule has 4 heteroatoms. The average molecular weight is 218 g/mol. The Morgan fingerprint density at radius 2 is 1.67 bits per heavy atom. The first-order valence-electron chi connectivity index (χ1n) is 5.47. The molecule has 0 rings (SSSR count). The third-order valence-corrected chi connectivity index (χ3v) is 2.04. The quantitative estimate of drug-likeness (QED) is 0.411. The highest BCUT2D eigenvalue weighted by atomic mass is 16.6. The van der Waals surface area contributed by atoms with E-state index in [4.69, 9.17) is 14.2 Å². The van der Waals surface area contributed by atoms with E-state index in [2.05, 4.69) is 6.92 Å². The number of ether oxygens (including phenoxy) is 3. The van der Waals surface area contributed by atoms with Gasteiger partial charge in [0.05, 0.1) is 25.4 Å². The van der Waals surface area contributed by atoms with E-state index in [1.54, 1.807) is 0 Å². The summed E-state index contributed by atoms with van der Waals surface area (Å²) in [5, 5.41) is 0. The van der Waals surface area contributed by atoms with Crippen LogP contribution in [0.15, 0.2) is 0 Å². The van der Waals surface area contributed by atoms with E-state index in [1.807, 2.05) is 13.8 Å². The fraction of sp³-hybridized carbons (Fsp3) is 0.909. The van der Waals surface area contributed by atoms with Gasteiger partial charge < -0.3 is 19.0 Å². The fourth-order valence-electron chi connectivity index (χ4n) is 0.999. The molecule has 0 aromatic carbocycles. The molecule has 0 aliphatic rings. The summed E-state index contributed by atoms with van der Waals surface area (Å²) in [4.78, 5) is 9.94. The molecule has 0 aromatic heterocycles. The second-order valence-corrected chi connectivity index (χ2v) is 3.39. The van der Waals surface area contributed by atoms with Crippen LogP contribution >= 0.6 is 0 Å². The first-order valence-corrected chi connectivity index (χ1v) is 5.47. The van der Waals surface area contributed by atoms with Crippen LogP contribution in [0.1, 0.15) is 27.2 Å². The van der Waals surface area contributed by atoms with Crippen LogP contribution in [-0.2, 0) is 19.0 Å². The van der Waals surface area contributed by atoms with Gasteiger partial charge in [-0.2, -0.15) is 0 Å². The van der Waals surface area contributed by atoms with Gasteiger partial charge in [0.15, 0.2) is 0 Å². The van der Waals surface area contributed by atoms with E-state index in [-0.39, 0.29) is 18.8 Å². The van der Waals surface area contributed by atoms with Crippen LogP contribution < -0.4 is 0 Å². The Hall–Kier alpha value is -0.450. The van der Waals surface area contributed by atoms with E-state index in [0.29, 0.717) is 13.2 Å². The van der Waals surface area contributed by atoms with Gasteiger partial charge in [0.25, 0.3) is 0 Å². The zero-order valence-corrected chi connectivity index (χ0v) is 9.90. The van der Waals surface area contributed by atoms with Gasteiger partial charge in [-0.05, 0) is 20.3 Å². The number of hydrogen-bond acceptors (Lipinski definition) is 4. The minimum absolute atomic E-state index is 0.0522. The van der Waals surface area contributed by atoms with Crippen molar-refractivity contribution in [2.24, 2.45) is 0 Å². The smallest absolute Gasteiger partial charge is 0.145 e. The fourth-order valence-corrected chi connectivity index (χ4v) is 0.999. The van der Waals surface area contributed by atoms with E-state index >= 15 is 0 Å². The van der Waals surface area contributed by atoms with Crippen molar-refractivity contribution < 1.29 is 19.0 Å². The van der Waals surface area contributed by atoms with Crippen molar-refractivity contribution in [2.75, 3.05) is 26.4 Å². The van der Waals surface area contributed by atoms with Crippen LogP contribution in [0.2, 0.25) is 0 Å². The van der Waals surface area contributed by atoms with Gasteiger partial charge in [0.2, 0.25) is 0 Å². The second-order valence-electron chi connectivity index (χ2n) is 3.39. The molecule has 2 unspecified atom stereocenters. The molecular weight excluding hydrogens is 196 g/mol. The lowest BCUT2D eigenvalue weighted by Crippen LogP contribution is -2.27. The Morgan fingerprint density at radius 3 is 2.20 bits per heavy atom. The molecule has 0 heterocycles. The molecule has 0 aliphatic heterocycles. The lowest BCUT2D eigenvalue weighted by atomic mass is 10.2. The standard InChI is InChI=1S/C11H22O4/c1-4-6-14-10(2)11(3)15-9-8-13-7-5-12/h5,10-11H,4,6-9H2,1-3H3. The van der Waals surface area contributed by atoms with E-state index in [9.17, 15) is 4.79 Å². The molecule has 0 amide bonds. The van der Waals surface area contributed by atoms with Crippen molar-refractivity contribution >= 4 is 6.29 Å². The van der Waals surface area contributed by atoms with Crippen molar-refractivity contribution in [2.45, 2.75) is 39.4 Å². The molecule has 0 saturated heterocycles. The van der Waals surface area contributed by atoms with Crippen molar-refractivity contribution in [1.29, 1.82) is 0 Å². The molecule has 0 fully saturated rings. The topological polar surface area (TPSA) is 44.8 Å². The van der Waals surface area contributed by atoms with Crippen LogP contribution in [0.25, 0.3) is 0 Å². The molecule has 0 aliphatic carbocycles. The highest BCUT2D eigenvalue weighted by molar-refractivity contribution is 5.50. The molecule has 90 valence electrons. The van der Waals surface area contributed by atoms with E-state index in [0.717, 1.165) is 19.3 Å². The van der Waals surface area contributed by atoms with Gasteiger partial charge in [-0.15, -0.1) is 0 Å². The minimum atomic E-state index is 0.0522. The first-order chi connectivity index (χ1) is 7.22. The number of aldehydes is 1. The maximum Gasteiger partial charge on any atom is 0.145 e. The highest BCUT2D eigenvalue weighted by Crippen LogP contribution is 2.03. The normalized spacial score (nSPS) is 14.9. The summed E-state index contributed by atoms with van der Waals surface area (Å²) in [6.45, 7) is 7.88. The molecule has 2 atom stereocenters. The lowest BCUT2D eigenvalue weighted by Gasteiger charge is -2.20. The molecule has 0 N–H and O–H groups in total. The summed E-state index contributed by atoms with van der Waals surface area (Å²) in [5.74, 6) is 0. The Bertz CT molecular complexity index is 150. The summed E-state index contributed by atoms with van der Waals surface area (Å²) < 4.78 is 16.0. The van der Waals surface area contributed by atoms with Gasteiger partial charge in [0, 0.05) is 6.61 Å². The molecule has 0 bridgehead atoms. The number of carbonyl (C=O) groups is 1. The number of carbonyl (C=O) groups excluding carboxylic acids is 1. The Morgan fingerprint density at radius 1 is 1.07 bits per heavy atom. The molecule has 0 saturated carbocycles. The SMILES string of the molecule is CCCOC(C)C(C)OCCOCC=O. The first kappa shape index (κ1) is 14.6. The van der Waals surface area contributed by atoms with Crippen LogP contribution in [-0.4, -0.2) is 44.9 Å². The van der Waals surface area contributed by atoms with Crippen molar-refractivity contribution in [3.8, 4) is 0 Å². The molecule has 4 nitrogen and oxygen atoms in total. The van der Waals surface area contributed by atoms with Crippen molar-refractivity contribution in [3.63, 3.8) is 0 Å². The van der Waals surface area contributed by atoms with Crippen LogP contribution in [0.4, 0.5) is 0 Å². The molecule has 0 radical (unpaired) electrons. The predicted octanol–water partition coefficient (Wildman–Crippen LogP) is 1.42. The molecule has 15 heavy (non-hydrogen) atoms. The third-order valence-electron chi connectivity index (χ3n) is 2.04. The van der Waals surface area contributed by atoms with Crippen LogP contribution in [0.5, 0.6) is 0 Å². The summed E-state index contributed by atoms with van der Waals surface area (Å²) in [6, 6.07) is 0. The zero-order valence-electron chi connectivity index (χ0n) is 9.90. The largest absolute Gasteiger partial charge is 0.376 e. The van der Waals surface area contributed by atoms with Crippen molar-refractivity contribution in [3.05, 3.63) is 0 Å². The molecular formula is C11H22O4. The van der Waals surface area contributed by atoms with E-state index in [1.165, 1.54) is 0 Å². The van der Waals surface area contributed by atoms with Gasteiger partial charge in [-0.3, -0.25) is 0 Å². The number of rotatable bonds is 10. The van der Waals surface area contributed by atoms with Crippen LogP contribution in [0, 0.1) is 0 Å². The lowest BCUT2D eigenvalue weighted by molar-refractivity contribution is -0.113. The Labute approximate surface area is 91.9 Å². The Kier molecular flexibility index (Phi) is 9.78. The third kappa shape index (κ3) is 8.54. The van der Waals surface area contributed by atoms with Gasteiger partial charge in [-0.25, -0.2) is 0 Å². The summed E-state index contributed by atoms with van der Waals surface area (Å²) >= 11 is 0. The summed E-state index contributed by atoms with van der Waals surface area (Å²) in [7, 11) is 0. The van der Waals surface area contributed by atoms with Gasteiger partial charge in [-0.1, -0.05) is 6.92 Å². The maximum absolute atomic E-state index is 9.94.